The summed E-state index contributed by atoms with van der Waals surface area (Å²) in [6, 6.07) is 6.23. The van der Waals surface area contributed by atoms with E-state index in [0.717, 1.165) is 43.1 Å². The lowest BCUT2D eigenvalue weighted by molar-refractivity contribution is -0.151. The SMILES string of the molecule is CN1Sc2cc(OCC(C)(F)C(=O)O)c(C(F)(F)F)cc2N(c2ccc(F)cc2)C[C@H]1CCC(C)(F)F. The molecule has 0 spiro atoms. The van der Waals surface area contributed by atoms with Gasteiger partial charge in [-0.25, -0.2) is 26.7 Å². The van der Waals surface area contributed by atoms with Gasteiger partial charge < -0.3 is 14.7 Å². The fourth-order valence-corrected chi connectivity index (χ4v) is 4.72. The number of nitrogens with zero attached hydrogens (tertiary/aromatic N) is 2. The van der Waals surface area contributed by atoms with Crippen LogP contribution in [-0.2, 0) is 11.0 Å². The molecule has 1 aliphatic rings. The number of benzene rings is 2. The Labute approximate surface area is 213 Å². The van der Waals surface area contributed by atoms with E-state index in [-0.39, 0.29) is 23.5 Å². The summed E-state index contributed by atoms with van der Waals surface area (Å²) in [6.45, 7) is 0.273. The van der Waals surface area contributed by atoms with Crippen LogP contribution in [0.3, 0.4) is 0 Å². The van der Waals surface area contributed by atoms with E-state index >= 15 is 0 Å². The second kappa shape index (κ2) is 10.6. The van der Waals surface area contributed by atoms with Gasteiger partial charge in [0.25, 0.3) is 0 Å². The molecule has 1 N–H and O–H groups in total. The molecule has 0 fully saturated rings. The van der Waals surface area contributed by atoms with Crippen molar-refractivity contribution < 1.29 is 45.4 Å². The van der Waals surface area contributed by atoms with E-state index in [0.29, 0.717) is 12.6 Å². The number of hydrogen-bond donors (Lipinski definition) is 1. The van der Waals surface area contributed by atoms with Crippen molar-refractivity contribution in [2.75, 3.05) is 25.1 Å². The van der Waals surface area contributed by atoms with Gasteiger partial charge in [-0.05, 0) is 75.7 Å². The molecule has 1 aliphatic heterocycles. The minimum absolute atomic E-state index is 0.00693. The fourth-order valence-electron chi connectivity index (χ4n) is 3.66. The highest BCUT2D eigenvalue weighted by Crippen LogP contribution is 2.48. The first kappa shape index (κ1) is 28.9. The molecule has 0 amide bonds. The molecule has 13 heteroatoms. The van der Waals surface area contributed by atoms with E-state index in [9.17, 15) is 35.5 Å². The summed E-state index contributed by atoms with van der Waals surface area (Å²) in [5, 5.41) is 8.95. The molecular formula is C24H25F7N2O3S. The monoisotopic (exact) mass is 554 g/mol. The maximum atomic E-state index is 14.2. The first-order valence-electron chi connectivity index (χ1n) is 11.1. The zero-order valence-electron chi connectivity index (χ0n) is 20.1. The molecule has 0 radical (unpaired) electrons. The summed E-state index contributed by atoms with van der Waals surface area (Å²) < 4.78 is 104. The molecule has 37 heavy (non-hydrogen) atoms. The van der Waals surface area contributed by atoms with E-state index < -0.39 is 59.9 Å². The van der Waals surface area contributed by atoms with Gasteiger partial charge in [-0.2, -0.15) is 13.2 Å². The van der Waals surface area contributed by atoms with Gasteiger partial charge in [-0.1, -0.05) is 0 Å². The number of carboxylic acid groups (broad SMARTS) is 1. The Morgan fingerprint density at radius 1 is 1.11 bits per heavy atom. The third-order valence-electron chi connectivity index (χ3n) is 5.81. The number of ether oxygens (including phenoxy) is 1. The number of anilines is 2. The van der Waals surface area contributed by atoms with E-state index in [2.05, 4.69) is 0 Å². The summed E-state index contributed by atoms with van der Waals surface area (Å²) in [5.74, 6) is -6.21. The number of hydrogen-bond acceptors (Lipinski definition) is 5. The molecule has 0 saturated heterocycles. The highest BCUT2D eigenvalue weighted by molar-refractivity contribution is 7.97. The standard InChI is InChI=1S/C24H25F7N2O3S/c1-22(26,21(34)35)13-36-19-11-20-18(10-17(19)24(29,30)31)33(15-6-4-14(25)5-7-15)12-16(32(3)37-20)8-9-23(2,27)28/h4-7,10-11,16H,8-9,12-13H2,1-3H3,(H,34,35)/t16-,22?/m1/s1. The average molecular weight is 555 g/mol. The van der Waals surface area contributed by atoms with Crippen molar-refractivity contribution in [1.29, 1.82) is 0 Å². The number of alkyl halides is 6. The summed E-state index contributed by atoms with van der Waals surface area (Å²) in [5.41, 5.74) is -3.84. The summed E-state index contributed by atoms with van der Waals surface area (Å²) >= 11 is 0.981. The van der Waals surface area contributed by atoms with Crippen molar-refractivity contribution in [3.05, 3.63) is 47.8 Å². The lowest BCUT2D eigenvalue weighted by atomic mass is 10.1. The molecule has 0 aliphatic carbocycles. The highest BCUT2D eigenvalue weighted by atomic mass is 32.2. The van der Waals surface area contributed by atoms with Gasteiger partial charge in [0.2, 0.25) is 11.6 Å². The molecule has 2 aromatic rings. The predicted octanol–water partition coefficient (Wildman–Crippen LogP) is 6.93. The molecule has 0 bridgehead atoms. The van der Waals surface area contributed by atoms with Crippen LogP contribution in [0.5, 0.6) is 5.75 Å². The van der Waals surface area contributed by atoms with Crippen LogP contribution in [0.25, 0.3) is 0 Å². The van der Waals surface area contributed by atoms with Crippen LogP contribution in [0.4, 0.5) is 42.1 Å². The summed E-state index contributed by atoms with van der Waals surface area (Å²) in [7, 11) is 1.60. The number of carboxylic acids is 1. The number of carbonyl (C=O) groups is 1. The van der Waals surface area contributed by atoms with Gasteiger partial charge >= 0.3 is 12.1 Å². The second-order valence-electron chi connectivity index (χ2n) is 9.09. The molecule has 0 saturated carbocycles. The van der Waals surface area contributed by atoms with Crippen LogP contribution in [-0.4, -0.2) is 53.2 Å². The second-order valence-corrected chi connectivity index (χ2v) is 10.3. The van der Waals surface area contributed by atoms with Gasteiger partial charge in [0.15, 0.2) is 0 Å². The van der Waals surface area contributed by atoms with Crippen molar-refractivity contribution in [1.82, 2.24) is 4.31 Å². The molecule has 0 aromatic heterocycles. The van der Waals surface area contributed by atoms with E-state index in [4.69, 9.17) is 9.84 Å². The molecule has 2 atom stereocenters. The van der Waals surface area contributed by atoms with Crippen molar-refractivity contribution in [2.45, 2.75) is 55.4 Å². The van der Waals surface area contributed by atoms with Crippen LogP contribution in [0, 0.1) is 5.82 Å². The van der Waals surface area contributed by atoms with Gasteiger partial charge in [-0.3, -0.25) is 0 Å². The lowest BCUT2D eigenvalue weighted by Crippen LogP contribution is -2.37. The van der Waals surface area contributed by atoms with Gasteiger partial charge in [0.05, 0.1) is 16.1 Å². The van der Waals surface area contributed by atoms with Crippen LogP contribution >= 0.6 is 11.9 Å². The maximum Gasteiger partial charge on any atom is 0.420 e. The van der Waals surface area contributed by atoms with Crippen molar-refractivity contribution in [2.24, 2.45) is 0 Å². The quantitative estimate of drug-likeness (QED) is 0.282. The molecule has 5 nitrogen and oxygen atoms in total. The molecule has 1 unspecified atom stereocenters. The first-order chi connectivity index (χ1) is 17.0. The number of fused-ring (bicyclic) bond motifs is 1. The Balaban J connectivity index is 2.12. The van der Waals surface area contributed by atoms with Crippen LogP contribution in [0.15, 0.2) is 41.3 Å². The number of aliphatic carboxylic acids is 1. The van der Waals surface area contributed by atoms with Gasteiger partial charge in [0.1, 0.15) is 18.2 Å². The lowest BCUT2D eigenvalue weighted by Gasteiger charge is -2.30. The zero-order valence-corrected chi connectivity index (χ0v) is 20.9. The van der Waals surface area contributed by atoms with Crippen LogP contribution < -0.4 is 9.64 Å². The largest absolute Gasteiger partial charge is 0.489 e. The molecular weight excluding hydrogens is 529 g/mol. The van der Waals surface area contributed by atoms with Crippen LogP contribution in [0.2, 0.25) is 0 Å². The van der Waals surface area contributed by atoms with Gasteiger partial charge in [0, 0.05) is 24.7 Å². The minimum Gasteiger partial charge on any atom is -0.489 e. The first-order valence-corrected chi connectivity index (χ1v) is 11.9. The third kappa shape index (κ3) is 7.22. The topological polar surface area (TPSA) is 53.0 Å². The molecule has 2 aromatic carbocycles. The zero-order chi connectivity index (χ0) is 27.8. The third-order valence-corrected chi connectivity index (χ3v) is 6.92. The Morgan fingerprint density at radius 2 is 1.73 bits per heavy atom. The van der Waals surface area contributed by atoms with E-state index in [1.807, 2.05) is 0 Å². The van der Waals surface area contributed by atoms with Crippen molar-refractivity contribution >= 4 is 29.3 Å². The molecule has 3 rings (SSSR count). The number of halogens is 7. The maximum absolute atomic E-state index is 14.2. The Morgan fingerprint density at radius 3 is 2.27 bits per heavy atom. The Kier molecular flexibility index (Phi) is 8.28. The summed E-state index contributed by atoms with van der Waals surface area (Å²) in [6.07, 6.45) is -5.42. The Bertz CT molecular complexity index is 1120. The molecule has 204 valence electrons. The van der Waals surface area contributed by atoms with Crippen molar-refractivity contribution in [3.63, 3.8) is 0 Å². The van der Waals surface area contributed by atoms with E-state index in [1.54, 1.807) is 11.4 Å². The summed E-state index contributed by atoms with van der Waals surface area (Å²) in [4.78, 5) is 12.8. The van der Waals surface area contributed by atoms with Crippen LogP contribution in [0.1, 0.15) is 32.3 Å². The smallest absolute Gasteiger partial charge is 0.420 e. The van der Waals surface area contributed by atoms with Crippen molar-refractivity contribution in [3.8, 4) is 5.75 Å². The Hall–Kier alpha value is -2.67. The average Bonchev–Trinajstić information content (AvgIpc) is 2.90. The number of rotatable bonds is 8. The minimum atomic E-state index is -4.96. The molecule has 1 heterocycles. The van der Waals surface area contributed by atoms with Gasteiger partial charge in [-0.15, -0.1) is 0 Å². The number of likely N-dealkylation sites (N-methyl/N-ethyl adjacent to an activating group) is 1. The van der Waals surface area contributed by atoms with E-state index in [1.165, 1.54) is 17.0 Å². The fraction of sp³-hybridized carbons (Fsp3) is 0.458. The predicted molar refractivity (Wildman–Crippen MR) is 125 cm³/mol. The normalized spacial score (nSPS) is 18.6. The highest BCUT2D eigenvalue weighted by Gasteiger charge is 2.40.